The molecule has 0 heterocycles. The smallest absolute Gasteiger partial charge is 1.00 e. The molecule has 53 heavy (non-hydrogen) atoms. The average molecular weight is 796 g/mol. The first-order valence-electron chi connectivity index (χ1n) is 19.2. The molecule has 0 aromatic rings. The predicted octanol–water partition coefficient (Wildman–Crippen LogP) is 4.75. The zero-order valence-electron chi connectivity index (χ0n) is 32.6. The van der Waals surface area contributed by atoms with Gasteiger partial charge in [-0.1, -0.05) is 75.1 Å². The van der Waals surface area contributed by atoms with Crippen molar-refractivity contribution >= 4 is 34.8 Å². The van der Waals surface area contributed by atoms with Crippen molar-refractivity contribution in [1.82, 2.24) is 0 Å². The fraction of sp³-hybridized carbons (Fsp3) is 0.652. The summed E-state index contributed by atoms with van der Waals surface area (Å²) in [5.41, 5.74) is 1.89. The largest absolute Gasteiger partial charge is 2.00 e. The van der Waals surface area contributed by atoms with Crippen molar-refractivity contribution in [3.8, 4) is 31.6 Å². The fourth-order valence-electron chi connectivity index (χ4n) is 12.8. The second-order valence-corrected chi connectivity index (χ2v) is 17.5. The number of terminal acetylenes is 3. The zero-order valence-corrected chi connectivity index (χ0v) is 35.6. The van der Waals surface area contributed by atoms with Gasteiger partial charge in [0.15, 0.2) is 0 Å². The third kappa shape index (κ3) is 7.35. The summed E-state index contributed by atoms with van der Waals surface area (Å²) in [6, 6.07) is 0. The Morgan fingerprint density at radius 1 is 0.849 bits per heavy atom. The summed E-state index contributed by atoms with van der Waals surface area (Å²) in [6.45, 7) is 10.6. The molecule has 0 saturated heterocycles. The Labute approximate surface area is 346 Å². The van der Waals surface area contributed by atoms with Gasteiger partial charge in [-0.25, -0.2) is 0 Å². The molecular formula is C46H59BrMgO5. The predicted molar refractivity (Wildman–Crippen MR) is 207 cm³/mol. The van der Waals surface area contributed by atoms with Crippen molar-refractivity contribution in [2.75, 3.05) is 0 Å². The third-order valence-corrected chi connectivity index (χ3v) is 15.7. The monoisotopic (exact) mass is 794 g/mol. The van der Waals surface area contributed by atoms with E-state index >= 15 is 0 Å². The number of fused-ring (bicyclic) bond motifs is 10. The van der Waals surface area contributed by atoms with Gasteiger partial charge < -0.3 is 44.8 Å². The van der Waals surface area contributed by atoms with Crippen LogP contribution in [0.4, 0.5) is 0 Å². The third-order valence-electron chi connectivity index (χ3n) is 15.7. The molecule has 8 aliphatic carbocycles. The molecule has 4 fully saturated rings. The number of Topliss-reactive ketones (excluding diaryl/α,β-unsaturated/α-hetero) is 1. The van der Waals surface area contributed by atoms with Gasteiger partial charge in [0.2, 0.25) is 0 Å². The number of ketones is 1. The van der Waals surface area contributed by atoms with Gasteiger partial charge in [-0.2, -0.15) is 0 Å². The molecule has 8 rings (SSSR count). The number of carbonyl (C=O) groups is 2. The number of allylic oxidation sites excluding steroid dienone is 4. The normalized spacial score (nSPS) is 44.8. The van der Waals surface area contributed by atoms with Crippen molar-refractivity contribution in [2.45, 2.75) is 129 Å². The molecule has 8 aliphatic rings. The van der Waals surface area contributed by atoms with Crippen molar-refractivity contribution in [1.29, 1.82) is 0 Å². The number of aliphatic hydroxyl groups excluding tert-OH is 1. The maximum atomic E-state index is 12.4. The summed E-state index contributed by atoms with van der Waals surface area (Å²) < 4.78 is 5.41. The first-order chi connectivity index (χ1) is 24.2. The summed E-state index contributed by atoms with van der Waals surface area (Å²) >= 11 is 0. The van der Waals surface area contributed by atoms with Crippen molar-refractivity contribution in [3.05, 3.63) is 54.0 Å². The van der Waals surface area contributed by atoms with Crippen LogP contribution in [0, 0.1) is 95.2 Å². The number of ether oxygens (including phenoxy) is 1. The van der Waals surface area contributed by atoms with Crippen LogP contribution in [0.2, 0.25) is 0 Å². The molecule has 13 atom stereocenters. The SMILES string of the molecule is C#C.C#C[C@]1(O)CCC2C3CC=C4C[C@@H](O)C=C[C@]4(C)C3CC[C@@]21C.CC(=O)O[C@H]1C=C[C@@]2(C)C(=CCC3C2CC[C@]2(C)C(=O)CCC32)C1.[Br-].[C-]#C.[Mg+2]. The van der Waals surface area contributed by atoms with E-state index < -0.39 is 5.60 Å². The number of esters is 1. The van der Waals surface area contributed by atoms with Crippen LogP contribution in [-0.2, 0) is 14.3 Å². The van der Waals surface area contributed by atoms with Crippen LogP contribution in [0.25, 0.3) is 0 Å². The van der Waals surface area contributed by atoms with Gasteiger partial charge in [0.05, 0.1) is 6.10 Å². The summed E-state index contributed by atoms with van der Waals surface area (Å²) in [5.74, 6) is 6.56. The number of carbonyl (C=O) groups excluding carboxylic acids is 2. The molecule has 2 N–H and O–H groups in total. The molecule has 0 aromatic carbocycles. The molecule has 0 aromatic heterocycles. The van der Waals surface area contributed by atoms with Crippen molar-refractivity contribution in [3.63, 3.8) is 0 Å². The summed E-state index contributed by atoms with van der Waals surface area (Å²) in [4.78, 5) is 23.7. The first-order valence-corrected chi connectivity index (χ1v) is 19.2. The maximum absolute atomic E-state index is 12.4. The van der Waals surface area contributed by atoms with Gasteiger partial charge in [0.1, 0.15) is 17.5 Å². The second kappa shape index (κ2) is 17.0. The van der Waals surface area contributed by atoms with Crippen LogP contribution in [0.1, 0.15) is 112 Å². The van der Waals surface area contributed by atoms with E-state index in [1.54, 1.807) is 0 Å². The molecule has 0 aliphatic heterocycles. The summed E-state index contributed by atoms with van der Waals surface area (Å²) in [7, 11) is 0. The maximum Gasteiger partial charge on any atom is 2.00 e. The van der Waals surface area contributed by atoms with E-state index in [-0.39, 0.29) is 79.9 Å². The van der Waals surface area contributed by atoms with Gasteiger partial charge >= 0.3 is 29.0 Å². The standard InChI is InChI=1S/C21H28O3.C21H28O2.C2H2.C2H.BrH.Mg/c1-13(22)24-15-8-10-20(2)14(12-15)4-5-16-17-6-7-19(23)21(17,3)11-9-18(16)20;1-4-21(23)12-9-18-16-6-5-14-13-15(22)7-10-19(14,2)17(16)8-11-20(18,21)3;2*1-2;;/h4,8,10,15-18H,5-7,9,11-12H2,1-3H3;1,5,7,10,15-18,22-23H,6,8-9,11-13H2,2-3H3;1-2H;1H;1H;/q;;;-1;;+2/p-1/t15-,16?,17?,18?,20-,21-;15-,16?,17?,18?,19-,20-,21-;;;;/m00..../s1. The number of aliphatic hydroxyl groups is 2. The second-order valence-electron chi connectivity index (χ2n) is 17.5. The molecule has 0 amide bonds. The molecule has 0 radical (unpaired) electrons. The Morgan fingerprint density at radius 3 is 1.96 bits per heavy atom. The Hall–Kier alpha value is -2.05. The Bertz CT molecular complexity index is 1590. The van der Waals surface area contributed by atoms with Crippen LogP contribution in [-0.4, -0.2) is 62.8 Å². The van der Waals surface area contributed by atoms with Gasteiger partial charge in [0.25, 0.3) is 0 Å². The zero-order chi connectivity index (χ0) is 37.6. The van der Waals surface area contributed by atoms with Crippen LogP contribution in [0.15, 0.2) is 47.6 Å². The number of halogens is 1. The number of hydrogen-bond donors (Lipinski definition) is 2. The molecule has 7 heteroatoms. The topological polar surface area (TPSA) is 83.8 Å². The molecule has 282 valence electrons. The van der Waals surface area contributed by atoms with Gasteiger partial charge in [-0.05, 0) is 106 Å². The van der Waals surface area contributed by atoms with Gasteiger partial charge in [-0.15, -0.1) is 19.3 Å². The van der Waals surface area contributed by atoms with E-state index in [0.29, 0.717) is 41.3 Å². The first kappa shape index (κ1) is 45.3. The minimum Gasteiger partial charge on any atom is -1.00 e. The van der Waals surface area contributed by atoms with Gasteiger partial charge in [0, 0.05) is 41.4 Å². The number of hydrogen-bond acceptors (Lipinski definition) is 5. The Morgan fingerprint density at radius 2 is 1.38 bits per heavy atom. The van der Waals surface area contributed by atoms with E-state index in [1.165, 1.54) is 18.1 Å². The van der Waals surface area contributed by atoms with E-state index in [0.717, 1.165) is 77.0 Å². The van der Waals surface area contributed by atoms with E-state index in [1.807, 2.05) is 6.08 Å². The molecule has 6 unspecified atom stereocenters. The minimum absolute atomic E-state index is 0. The Kier molecular flexibility index (Phi) is 14.5. The quantitative estimate of drug-likeness (QED) is 0.132. The summed E-state index contributed by atoms with van der Waals surface area (Å²) in [6.07, 6.45) is 47.5. The average Bonchev–Trinajstić information content (AvgIpc) is 3.58. The van der Waals surface area contributed by atoms with Crippen LogP contribution in [0.3, 0.4) is 0 Å². The molecular weight excluding hydrogens is 737 g/mol. The van der Waals surface area contributed by atoms with Crippen molar-refractivity contribution in [2.24, 2.45) is 57.2 Å². The Balaban J connectivity index is 0.000000253. The van der Waals surface area contributed by atoms with E-state index in [2.05, 4.69) is 83.3 Å². The molecule has 0 spiro atoms. The van der Waals surface area contributed by atoms with E-state index in [9.17, 15) is 19.8 Å². The van der Waals surface area contributed by atoms with Crippen LogP contribution < -0.4 is 17.0 Å². The minimum atomic E-state index is -0.924. The molecule has 5 nitrogen and oxygen atoms in total. The van der Waals surface area contributed by atoms with Gasteiger partial charge in [-0.3, -0.25) is 9.59 Å². The van der Waals surface area contributed by atoms with Crippen molar-refractivity contribution < 1.29 is 41.5 Å². The fourth-order valence-corrected chi connectivity index (χ4v) is 12.8. The molecule has 4 saturated carbocycles. The number of rotatable bonds is 1. The summed E-state index contributed by atoms with van der Waals surface area (Å²) in [5, 5.41) is 20.9. The van der Waals surface area contributed by atoms with E-state index in [4.69, 9.17) is 17.6 Å². The van der Waals surface area contributed by atoms with Crippen LogP contribution in [0.5, 0.6) is 0 Å². The van der Waals surface area contributed by atoms with Crippen LogP contribution >= 0.6 is 0 Å². The molecule has 0 bridgehead atoms.